The predicted molar refractivity (Wildman–Crippen MR) is 115 cm³/mol. The van der Waals surface area contributed by atoms with Crippen LogP contribution in [0.4, 0.5) is 10.7 Å². The van der Waals surface area contributed by atoms with Crippen molar-refractivity contribution in [3.63, 3.8) is 0 Å². The van der Waals surface area contributed by atoms with Gasteiger partial charge in [-0.15, -0.1) is 11.3 Å². The summed E-state index contributed by atoms with van der Waals surface area (Å²) >= 11 is 1.95. The average Bonchev–Trinajstić information content (AvgIpc) is 3.38. The van der Waals surface area contributed by atoms with Gasteiger partial charge in [0.05, 0.1) is 11.0 Å². The largest absolute Gasteiger partial charge is 1.00 e. The zero-order valence-electron chi connectivity index (χ0n) is 18.6. The van der Waals surface area contributed by atoms with E-state index in [1.165, 1.54) is 46.7 Å². The van der Waals surface area contributed by atoms with E-state index in [0.29, 0.717) is 0 Å². The first-order valence-electron chi connectivity index (χ1n) is 10.3. The fourth-order valence-corrected chi connectivity index (χ4v) is 6.20. The molecule has 4 rings (SSSR count). The van der Waals surface area contributed by atoms with Crippen molar-refractivity contribution in [2.24, 2.45) is 5.92 Å². The van der Waals surface area contributed by atoms with Gasteiger partial charge in [-0.1, -0.05) is 39.8 Å². The van der Waals surface area contributed by atoms with Gasteiger partial charge in [0.1, 0.15) is 0 Å². The van der Waals surface area contributed by atoms with E-state index in [4.69, 9.17) is 0 Å². The van der Waals surface area contributed by atoms with E-state index in [0.717, 1.165) is 18.2 Å². The number of anilines is 2. The molecule has 2 aliphatic rings. The summed E-state index contributed by atoms with van der Waals surface area (Å²) in [5.74, 6) is -0.382. The smallest absolute Gasteiger partial charge is 0.545 e. The SMILES string of the molecule is Cc1c(N(CC2CC2)c2ccc(C(=O)[O-])cc2)sc2c1C(C)(C)CCC2(C)C.[Na+]. The molecule has 0 spiro atoms. The monoisotopic (exact) mass is 419 g/mol. The van der Waals surface area contributed by atoms with Crippen LogP contribution in [0.15, 0.2) is 24.3 Å². The molecule has 1 heterocycles. The van der Waals surface area contributed by atoms with Crippen LogP contribution in [0, 0.1) is 12.8 Å². The van der Waals surface area contributed by atoms with Gasteiger partial charge in [0.2, 0.25) is 0 Å². The Kier molecular flexibility index (Phi) is 6.33. The van der Waals surface area contributed by atoms with Gasteiger partial charge in [0, 0.05) is 17.1 Å². The van der Waals surface area contributed by atoms with Gasteiger partial charge in [-0.2, -0.15) is 0 Å². The molecule has 0 radical (unpaired) electrons. The Morgan fingerprint density at radius 2 is 1.69 bits per heavy atom. The van der Waals surface area contributed by atoms with Gasteiger partial charge in [-0.05, 0) is 78.2 Å². The summed E-state index contributed by atoms with van der Waals surface area (Å²) < 4.78 is 0. The molecule has 1 fully saturated rings. The number of fused-ring (bicyclic) bond motifs is 1. The summed E-state index contributed by atoms with van der Waals surface area (Å²) in [7, 11) is 0. The van der Waals surface area contributed by atoms with E-state index < -0.39 is 5.97 Å². The third-order valence-electron chi connectivity index (χ3n) is 6.59. The predicted octanol–water partition coefficient (Wildman–Crippen LogP) is 2.32. The summed E-state index contributed by atoms with van der Waals surface area (Å²) in [6.07, 6.45) is 5.01. The molecular weight excluding hydrogens is 389 g/mol. The number of carbonyl (C=O) groups is 1. The fourth-order valence-electron chi connectivity index (χ4n) is 4.56. The molecule has 1 saturated carbocycles. The molecule has 1 aromatic carbocycles. The molecule has 0 amide bonds. The first kappa shape index (κ1) is 22.9. The van der Waals surface area contributed by atoms with Gasteiger partial charge in [0.25, 0.3) is 0 Å². The zero-order valence-corrected chi connectivity index (χ0v) is 21.4. The summed E-state index contributed by atoms with van der Waals surface area (Å²) in [6, 6.07) is 7.20. The fraction of sp³-hybridized carbons (Fsp3) is 0.542. The quantitative estimate of drug-likeness (QED) is 0.699. The van der Waals surface area contributed by atoms with Gasteiger partial charge >= 0.3 is 29.6 Å². The molecule has 0 bridgehead atoms. The van der Waals surface area contributed by atoms with Gasteiger partial charge < -0.3 is 14.8 Å². The van der Waals surface area contributed by atoms with Crippen molar-refractivity contribution in [3.05, 3.63) is 45.8 Å². The molecule has 150 valence electrons. The van der Waals surface area contributed by atoms with E-state index in [9.17, 15) is 9.90 Å². The van der Waals surface area contributed by atoms with Crippen LogP contribution in [0.1, 0.15) is 79.7 Å². The topological polar surface area (TPSA) is 43.4 Å². The van der Waals surface area contributed by atoms with Crippen LogP contribution in [0.5, 0.6) is 0 Å². The first-order valence-corrected chi connectivity index (χ1v) is 11.1. The number of carboxylic acids is 1. The first-order chi connectivity index (χ1) is 13.1. The number of thiophene rings is 1. The number of benzene rings is 1. The molecule has 0 atom stereocenters. The Balaban J connectivity index is 0.00000240. The number of rotatable bonds is 5. The van der Waals surface area contributed by atoms with E-state index in [-0.39, 0.29) is 46.0 Å². The number of carboxylic acid groups (broad SMARTS) is 1. The molecule has 1 aromatic heterocycles. The van der Waals surface area contributed by atoms with Crippen molar-refractivity contribution in [1.82, 2.24) is 0 Å². The summed E-state index contributed by atoms with van der Waals surface area (Å²) in [5, 5.41) is 12.5. The van der Waals surface area contributed by atoms with E-state index in [2.05, 4.69) is 39.5 Å². The maximum atomic E-state index is 11.1. The van der Waals surface area contributed by atoms with Crippen molar-refractivity contribution in [3.8, 4) is 0 Å². The Hall–Kier alpha value is -0.810. The normalized spacial score (nSPS) is 19.2. The van der Waals surface area contributed by atoms with Crippen LogP contribution in [0.3, 0.4) is 0 Å². The van der Waals surface area contributed by atoms with Gasteiger partial charge in [0.15, 0.2) is 0 Å². The maximum absolute atomic E-state index is 11.1. The second-order valence-corrected chi connectivity index (χ2v) is 10.9. The number of hydrogen-bond donors (Lipinski definition) is 0. The average molecular weight is 420 g/mol. The molecule has 0 unspecified atom stereocenters. The minimum Gasteiger partial charge on any atom is -0.545 e. The number of hydrogen-bond acceptors (Lipinski definition) is 4. The summed E-state index contributed by atoms with van der Waals surface area (Å²) in [5.41, 5.74) is 4.67. The third kappa shape index (κ3) is 4.32. The number of aromatic carboxylic acids is 1. The Morgan fingerprint density at radius 3 is 2.21 bits per heavy atom. The van der Waals surface area contributed by atoms with Crippen molar-refractivity contribution in [2.45, 2.75) is 71.1 Å². The molecule has 29 heavy (non-hydrogen) atoms. The minimum atomic E-state index is -1.12. The van der Waals surface area contributed by atoms with Crippen LogP contribution in [0.25, 0.3) is 0 Å². The van der Waals surface area contributed by atoms with E-state index in [1.54, 1.807) is 12.1 Å². The van der Waals surface area contributed by atoms with E-state index in [1.807, 2.05) is 23.5 Å². The number of carbonyl (C=O) groups excluding carboxylic acids is 1. The van der Waals surface area contributed by atoms with Crippen LogP contribution in [-0.2, 0) is 10.8 Å². The van der Waals surface area contributed by atoms with Crippen LogP contribution >= 0.6 is 11.3 Å². The minimum absolute atomic E-state index is 0. The second kappa shape index (κ2) is 8.03. The van der Waals surface area contributed by atoms with Crippen molar-refractivity contribution < 1.29 is 39.5 Å². The molecule has 0 saturated heterocycles. The molecular formula is C24H30NNaO2S. The molecule has 2 aromatic rings. The van der Waals surface area contributed by atoms with Crippen LogP contribution < -0.4 is 39.6 Å². The molecule has 5 heteroatoms. The summed E-state index contributed by atoms with van der Waals surface area (Å²) in [6.45, 7) is 12.8. The standard InChI is InChI=1S/C24H31NO2S.Na/c1-15-19-20(24(4,5)13-12-23(19,2)3)28-21(15)25(14-16-6-7-16)18-10-8-17(9-11-18)22(26)27;/h8-11,16H,6-7,12-14H2,1-5H3,(H,26,27);/q;+1/p-1. The molecule has 3 nitrogen and oxygen atoms in total. The van der Waals surface area contributed by atoms with Gasteiger partial charge in [-0.25, -0.2) is 0 Å². The second-order valence-electron chi connectivity index (χ2n) is 9.89. The Labute approximate surface area is 200 Å². The van der Waals surface area contributed by atoms with Gasteiger partial charge in [-0.3, -0.25) is 0 Å². The molecule has 0 N–H and O–H groups in total. The third-order valence-corrected chi connectivity index (χ3v) is 8.27. The van der Waals surface area contributed by atoms with E-state index >= 15 is 0 Å². The van der Waals surface area contributed by atoms with Crippen molar-refractivity contribution in [1.29, 1.82) is 0 Å². The Morgan fingerprint density at radius 1 is 1.10 bits per heavy atom. The van der Waals surface area contributed by atoms with Crippen LogP contribution in [-0.4, -0.2) is 12.5 Å². The Bertz CT molecular complexity index is 910. The maximum Gasteiger partial charge on any atom is 1.00 e. The number of nitrogens with zero attached hydrogens (tertiary/aromatic N) is 1. The van der Waals surface area contributed by atoms with Crippen molar-refractivity contribution in [2.75, 3.05) is 11.4 Å². The summed E-state index contributed by atoms with van der Waals surface area (Å²) in [4.78, 5) is 15.1. The van der Waals surface area contributed by atoms with Crippen molar-refractivity contribution >= 4 is 28.0 Å². The van der Waals surface area contributed by atoms with Crippen LogP contribution in [0.2, 0.25) is 0 Å². The zero-order chi connectivity index (χ0) is 20.3. The molecule has 0 aliphatic heterocycles. The molecule has 2 aliphatic carbocycles.